The van der Waals surface area contributed by atoms with Gasteiger partial charge < -0.3 is 5.11 Å². The molecule has 0 saturated carbocycles. The van der Waals surface area contributed by atoms with Gasteiger partial charge in [0, 0.05) is 66.8 Å². The number of fused-ring (bicyclic) bond motifs is 1. The minimum Gasteiger partial charge on any atom is -0.481 e. The van der Waals surface area contributed by atoms with Gasteiger partial charge in [-0.15, -0.1) is 0 Å². The van der Waals surface area contributed by atoms with Crippen LogP contribution in [0.15, 0.2) is 30.6 Å². The van der Waals surface area contributed by atoms with Crippen molar-refractivity contribution in [2.24, 2.45) is 0 Å². The summed E-state index contributed by atoms with van der Waals surface area (Å²) in [6.45, 7) is 5.12. The second-order valence-corrected chi connectivity index (χ2v) is 10.2. The lowest BCUT2D eigenvalue weighted by Gasteiger charge is -2.27. The number of thioether (sulfide) groups is 1. The smallest absolute Gasteiger partial charge is 0.303 e. The Morgan fingerprint density at radius 2 is 2.00 bits per heavy atom. The summed E-state index contributed by atoms with van der Waals surface area (Å²) >= 11 is 8.36. The van der Waals surface area contributed by atoms with Gasteiger partial charge in [-0.3, -0.25) is 14.7 Å². The molecule has 0 unspecified atom stereocenters. The molecule has 33 heavy (non-hydrogen) atoms. The molecule has 1 aliphatic rings. The van der Waals surface area contributed by atoms with Gasteiger partial charge in [0.15, 0.2) is 0 Å². The molecule has 0 atom stereocenters. The Morgan fingerprint density at radius 1 is 1.18 bits per heavy atom. The number of rotatable bonds is 10. The lowest BCUT2D eigenvalue weighted by molar-refractivity contribution is -0.137. The Bertz CT molecular complexity index is 1110. The molecule has 0 bridgehead atoms. The maximum Gasteiger partial charge on any atom is 0.303 e. The molecule has 3 aromatic heterocycles. The van der Waals surface area contributed by atoms with Crippen molar-refractivity contribution in [2.45, 2.75) is 52.0 Å². The first kappa shape index (κ1) is 24.0. The number of carbonyl (C=O) groups is 1. The van der Waals surface area contributed by atoms with Crippen molar-refractivity contribution < 1.29 is 9.90 Å². The molecule has 1 fully saturated rings. The fourth-order valence-corrected chi connectivity index (χ4v) is 5.67. The van der Waals surface area contributed by atoms with Crippen molar-refractivity contribution in [3.05, 3.63) is 52.6 Å². The average molecular weight is 487 g/mol. The maximum absolute atomic E-state index is 10.9. The van der Waals surface area contributed by atoms with Crippen LogP contribution in [-0.4, -0.2) is 55.2 Å². The van der Waals surface area contributed by atoms with Crippen LogP contribution >= 0.6 is 23.4 Å². The number of carboxylic acid groups (broad SMARTS) is 1. The van der Waals surface area contributed by atoms with E-state index in [0.29, 0.717) is 11.4 Å². The maximum atomic E-state index is 10.9. The van der Waals surface area contributed by atoms with Crippen LogP contribution in [0.4, 0.5) is 0 Å². The SMILES string of the molecule is CCc1ccc2c(-c3cncc(Cl)c3)c(CCCCCC(=O)O)c(CN3CCSCC3)nn12. The summed E-state index contributed by atoms with van der Waals surface area (Å²) in [5.74, 6) is 1.58. The van der Waals surface area contributed by atoms with Crippen LogP contribution in [0.3, 0.4) is 0 Å². The van der Waals surface area contributed by atoms with E-state index < -0.39 is 5.97 Å². The molecular weight excluding hydrogens is 456 g/mol. The number of aliphatic carboxylic acids is 1. The fraction of sp³-hybridized carbons (Fsp3) is 0.480. The fourth-order valence-electron chi connectivity index (χ4n) is 4.52. The first-order valence-corrected chi connectivity index (χ1v) is 13.2. The van der Waals surface area contributed by atoms with Gasteiger partial charge in [0.25, 0.3) is 0 Å². The van der Waals surface area contributed by atoms with E-state index >= 15 is 0 Å². The van der Waals surface area contributed by atoms with Gasteiger partial charge >= 0.3 is 5.97 Å². The topological polar surface area (TPSA) is 70.7 Å². The number of hydrogen-bond donors (Lipinski definition) is 1. The highest BCUT2D eigenvalue weighted by Gasteiger charge is 2.21. The second kappa shape index (κ2) is 11.4. The highest BCUT2D eigenvalue weighted by molar-refractivity contribution is 7.99. The van der Waals surface area contributed by atoms with E-state index in [2.05, 4.69) is 33.5 Å². The molecule has 176 valence electrons. The van der Waals surface area contributed by atoms with Gasteiger partial charge in [0.05, 0.1) is 16.2 Å². The van der Waals surface area contributed by atoms with E-state index in [9.17, 15) is 4.79 Å². The number of halogens is 1. The summed E-state index contributed by atoms with van der Waals surface area (Å²) in [7, 11) is 0. The minimum atomic E-state index is -0.729. The molecule has 0 aliphatic carbocycles. The van der Waals surface area contributed by atoms with E-state index in [0.717, 1.165) is 79.2 Å². The minimum absolute atomic E-state index is 0.221. The van der Waals surface area contributed by atoms with E-state index in [4.69, 9.17) is 21.8 Å². The van der Waals surface area contributed by atoms with Crippen LogP contribution in [0.25, 0.3) is 16.6 Å². The number of nitrogens with zero attached hydrogens (tertiary/aromatic N) is 4. The molecule has 1 saturated heterocycles. The summed E-state index contributed by atoms with van der Waals surface area (Å²) in [5, 5.41) is 14.8. The first-order chi connectivity index (χ1) is 16.1. The number of aromatic nitrogens is 3. The molecule has 8 heteroatoms. The zero-order valence-corrected chi connectivity index (χ0v) is 20.7. The van der Waals surface area contributed by atoms with Crippen molar-refractivity contribution >= 4 is 34.8 Å². The molecule has 0 aromatic carbocycles. The third kappa shape index (κ3) is 5.89. The lowest BCUT2D eigenvalue weighted by atomic mass is 9.94. The molecule has 6 nitrogen and oxygen atoms in total. The monoisotopic (exact) mass is 486 g/mol. The second-order valence-electron chi connectivity index (χ2n) is 8.51. The third-order valence-electron chi connectivity index (χ3n) is 6.21. The Kier molecular flexibility index (Phi) is 8.28. The normalized spacial score (nSPS) is 14.7. The highest BCUT2D eigenvalue weighted by Crippen LogP contribution is 2.34. The Labute approximate surface area is 204 Å². The quantitative estimate of drug-likeness (QED) is 0.389. The molecule has 0 radical (unpaired) electrons. The zero-order valence-electron chi connectivity index (χ0n) is 19.1. The molecule has 1 aliphatic heterocycles. The largest absolute Gasteiger partial charge is 0.481 e. The van der Waals surface area contributed by atoms with Gasteiger partial charge in [0.2, 0.25) is 0 Å². The molecule has 4 heterocycles. The number of aryl methyl sites for hydroxylation is 1. The van der Waals surface area contributed by atoms with Crippen molar-refractivity contribution in [2.75, 3.05) is 24.6 Å². The molecule has 4 rings (SSSR count). The summed E-state index contributed by atoms with van der Waals surface area (Å²) in [5.41, 5.74) is 6.76. The summed E-state index contributed by atoms with van der Waals surface area (Å²) < 4.78 is 2.10. The van der Waals surface area contributed by atoms with Crippen molar-refractivity contribution in [1.82, 2.24) is 19.5 Å². The van der Waals surface area contributed by atoms with Crippen LogP contribution < -0.4 is 0 Å². The third-order valence-corrected chi connectivity index (χ3v) is 7.36. The number of hydrogen-bond acceptors (Lipinski definition) is 5. The van der Waals surface area contributed by atoms with Gasteiger partial charge in [-0.2, -0.15) is 16.9 Å². The van der Waals surface area contributed by atoms with Crippen LogP contribution in [0, 0.1) is 0 Å². The summed E-state index contributed by atoms with van der Waals surface area (Å²) in [6.07, 6.45) is 8.04. The number of pyridine rings is 1. The van der Waals surface area contributed by atoms with Crippen LogP contribution in [0.2, 0.25) is 5.02 Å². The highest BCUT2D eigenvalue weighted by atomic mass is 35.5. The predicted molar refractivity (Wildman–Crippen MR) is 135 cm³/mol. The van der Waals surface area contributed by atoms with Crippen molar-refractivity contribution in [3.63, 3.8) is 0 Å². The van der Waals surface area contributed by atoms with Gasteiger partial charge in [-0.05, 0) is 49.4 Å². The first-order valence-electron chi connectivity index (χ1n) is 11.7. The standard InChI is InChI=1S/C25H31ClN4O2S/c1-2-20-8-9-23-25(18-14-19(26)16-27-15-18)21(6-4-3-5-7-24(31)32)22(28-30(20)23)17-29-10-12-33-13-11-29/h8-9,14-16H,2-7,10-13,17H2,1H3,(H,31,32). The molecular formula is C25H31ClN4O2S. The molecule has 0 amide bonds. The Hall–Kier alpha value is -2.09. The Balaban J connectivity index is 1.78. The summed E-state index contributed by atoms with van der Waals surface area (Å²) in [4.78, 5) is 17.8. The van der Waals surface area contributed by atoms with Crippen LogP contribution in [-0.2, 0) is 24.2 Å². The van der Waals surface area contributed by atoms with Crippen LogP contribution in [0.1, 0.15) is 49.6 Å². The molecule has 1 N–H and O–H groups in total. The average Bonchev–Trinajstić information content (AvgIpc) is 3.21. The van der Waals surface area contributed by atoms with Crippen molar-refractivity contribution in [1.29, 1.82) is 0 Å². The molecule has 3 aromatic rings. The van der Waals surface area contributed by atoms with Crippen LogP contribution in [0.5, 0.6) is 0 Å². The van der Waals surface area contributed by atoms with E-state index in [1.807, 2.05) is 24.0 Å². The number of carboxylic acids is 1. The van der Waals surface area contributed by atoms with Gasteiger partial charge in [-0.25, -0.2) is 4.52 Å². The summed E-state index contributed by atoms with van der Waals surface area (Å²) in [6, 6.07) is 6.29. The molecule has 0 spiro atoms. The lowest BCUT2D eigenvalue weighted by Crippen LogP contribution is -2.33. The van der Waals surface area contributed by atoms with Crippen molar-refractivity contribution in [3.8, 4) is 11.1 Å². The van der Waals surface area contributed by atoms with E-state index in [1.54, 1.807) is 6.20 Å². The van der Waals surface area contributed by atoms with E-state index in [-0.39, 0.29) is 6.42 Å². The van der Waals surface area contributed by atoms with Gasteiger partial charge in [-0.1, -0.05) is 24.9 Å². The number of unbranched alkanes of at least 4 members (excludes halogenated alkanes) is 2. The van der Waals surface area contributed by atoms with Gasteiger partial charge in [0.1, 0.15) is 0 Å². The zero-order chi connectivity index (χ0) is 23.2. The van der Waals surface area contributed by atoms with E-state index in [1.165, 1.54) is 11.3 Å². The Morgan fingerprint density at radius 3 is 2.73 bits per heavy atom. The predicted octanol–water partition coefficient (Wildman–Crippen LogP) is 5.35.